The summed E-state index contributed by atoms with van der Waals surface area (Å²) in [5.41, 5.74) is 10.7. The van der Waals surface area contributed by atoms with Gasteiger partial charge in [0.05, 0.1) is 12.1 Å². The maximum Gasteiger partial charge on any atom is 0.243 e. The Kier molecular flexibility index (Phi) is 18.8. The lowest BCUT2D eigenvalue weighted by Crippen LogP contribution is -2.58. The summed E-state index contributed by atoms with van der Waals surface area (Å²) in [5.74, 6) is -6.70. The molecule has 9 amide bonds. The number of aldehydes is 1. The van der Waals surface area contributed by atoms with E-state index < -0.39 is 108 Å². The molecule has 0 aliphatic carbocycles. The molecule has 0 aliphatic rings. The quantitative estimate of drug-likeness (QED) is 0.0536. The van der Waals surface area contributed by atoms with E-state index in [9.17, 15) is 47.9 Å². The van der Waals surface area contributed by atoms with Crippen LogP contribution in [-0.4, -0.2) is 114 Å². The predicted molar refractivity (Wildman–Crippen MR) is 173 cm³/mol. The summed E-state index contributed by atoms with van der Waals surface area (Å²) in [4.78, 5) is 122. The first-order valence-electron chi connectivity index (χ1n) is 15.5. The van der Waals surface area contributed by atoms with Crippen LogP contribution in [0.1, 0.15) is 68.2 Å². The van der Waals surface area contributed by atoms with Crippen LogP contribution >= 0.6 is 0 Å². The van der Waals surface area contributed by atoms with Crippen LogP contribution in [0.15, 0.2) is 0 Å². The minimum Gasteiger partial charge on any atom is -0.370 e. The van der Waals surface area contributed by atoms with E-state index in [0.29, 0.717) is 6.29 Å². The van der Waals surface area contributed by atoms with Gasteiger partial charge in [-0.25, -0.2) is 0 Å². The van der Waals surface area contributed by atoms with Crippen molar-refractivity contribution in [1.29, 1.82) is 0 Å². The molecule has 276 valence electrons. The van der Waals surface area contributed by atoms with Crippen LogP contribution in [0.2, 0.25) is 0 Å². The number of rotatable bonds is 20. The topological polar surface area (TPSA) is 319 Å². The number of primary amides is 1. The molecule has 20 nitrogen and oxygen atoms in total. The second-order valence-electron chi connectivity index (χ2n) is 11.7. The molecule has 0 heterocycles. The number of carbonyl (C=O) groups excluding carboxylic acids is 10. The van der Waals surface area contributed by atoms with Gasteiger partial charge in [0.2, 0.25) is 53.2 Å². The zero-order chi connectivity index (χ0) is 38.2. The molecular formula is C29H50N10O10. The van der Waals surface area contributed by atoms with Crippen molar-refractivity contribution in [1.82, 2.24) is 42.5 Å². The largest absolute Gasteiger partial charge is 0.370 e. The lowest BCUT2D eigenvalue weighted by atomic mass is 10.1. The molecule has 0 spiro atoms. The summed E-state index contributed by atoms with van der Waals surface area (Å²) in [6.45, 7) is 10.9. The molecule has 0 rings (SSSR count). The maximum absolute atomic E-state index is 13.0. The highest BCUT2D eigenvalue weighted by atomic mass is 16.2. The number of hydrogen-bond acceptors (Lipinski definition) is 11. The van der Waals surface area contributed by atoms with Crippen LogP contribution in [0.3, 0.4) is 0 Å². The summed E-state index contributed by atoms with van der Waals surface area (Å²) in [6, 6.07) is -9.82. The van der Waals surface area contributed by atoms with Crippen molar-refractivity contribution in [2.45, 2.75) is 123 Å². The molecule has 20 heteroatoms. The first-order chi connectivity index (χ1) is 22.6. The highest BCUT2D eigenvalue weighted by Crippen LogP contribution is 2.01. The summed E-state index contributed by atoms with van der Waals surface area (Å²) in [7, 11) is 0. The van der Waals surface area contributed by atoms with Crippen molar-refractivity contribution >= 4 is 59.5 Å². The molecule has 0 bridgehead atoms. The van der Waals surface area contributed by atoms with Crippen molar-refractivity contribution in [2.75, 3.05) is 0 Å². The molecule has 0 aliphatic heterocycles. The zero-order valence-electron chi connectivity index (χ0n) is 28.9. The van der Waals surface area contributed by atoms with E-state index in [1.807, 2.05) is 0 Å². The molecule has 0 saturated heterocycles. The van der Waals surface area contributed by atoms with E-state index in [-0.39, 0.29) is 12.8 Å². The second-order valence-corrected chi connectivity index (χ2v) is 11.7. The Labute approximate surface area is 284 Å². The first-order valence-corrected chi connectivity index (χ1v) is 15.5. The van der Waals surface area contributed by atoms with Crippen LogP contribution < -0.4 is 54.0 Å². The van der Waals surface area contributed by atoms with Gasteiger partial charge in [0.25, 0.3) is 0 Å². The van der Waals surface area contributed by atoms with Gasteiger partial charge in [0.1, 0.15) is 48.6 Å². The van der Waals surface area contributed by atoms with Crippen LogP contribution in [-0.2, 0) is 47.9 Å². The summed E-state index contributed by atoms with van der Waals surface area (Å²) in [6.07, 6.45) is -0.0776. The monoisotopic (exact) mass is 698 g/mol. The maximum atomic E-state index is 13.0. The van der Waals surface area contributed by atoms with Crippen LogP contribution in [0.25, 0.3) is 0 Å². The smallest absolute Gasteiger partial charge is 0.243 e. The summed E-state index contributed by atoms with van der Waals surface area (Å²) >= 11 is 0. The van der Waals surface area contributed by atoms with E-state index in [1.54, 1.807) is 0 Å². The Bertz CT molecular complexity index is 1260. The van der Waals surface area contributed by atoms with Crippen molar-refractivity contribution in [2.24, 2.45) is 11.5 Å². The highest BCUT2D eigenvalue weighted by molar-refractivity contribution is 5.97. The molecule has 0 saturated carbocycles. The van der Waals surface area contributed by atoms with Gasteiger partial charge in [-0.1, -0.05) is 0 Å². The predicted octanol–water partition coefficient (Wildman–Crippen LogP) is -5.18. The Balaban J connectivity index is 5.26. The Morgan fingerprint density at radius 3 is 1.06 bits per heavy atom. The van der Waals surface area contributed by atoms with Gasteiger partial charge in [-0.3, -0.25) is 43.2 Å². The molecule has 0 radical (unpaired) electrons. The number of hydrogen-bond donors (Lipinski definition) is 10. The van der Waals surface area contributed by atoms with E-state index in [1.165, 1.54) is 55.4 Å². The van der Waals surface area contributed by atoms with Gasteiger partial charge in [0.15, 0.2) is 0 Å². The normalized spacial score (nSPS) is 16.2. The molecular weight excluding hydrogens is 648 g/mol. The average molecular weight is 699 g/mol. The summed E-state index contributed by atoms with van der Waals surface area (Å²) in [5, 5.41) is 19.0. The van der Waals surface area contributed by atoms with Gasteiger partial charge in [-0.15, -0.1) is 0 Å². The molecule has 0 unspecified atom stereocenters. The van der Waals surface area contributed by atoms with Gasteiger partial charge in [-0.05, 0) is 61.8 Å². The fourth-order valence-corrected chi connectivity index (χ4v) is 3.64. The van der Waals surface area contributed by atoms with Gasteiger partial charge in [-0.2, -0.15) is 0 Å². The number of amides is 9. The van der Waals surface area contributed by atoms with E-state index in [0.717, 1.165) is 0 Å². The second kappa shape index (κ2) is 21.0. The number of nitrogens with two attached hydrogens (primary N) is 2. The lowest BCUT2D eigenvalue weighted by molar-refractivity contribution is -0.135. The van der Waals surface area contributed by atoms with Crippen molar-refractivity contribution < 1.29 is 47.9 Å². The van der Waals surface area contributed by atoms with Crippen molar-refractivity contribution in [3.8, 4) is 0 Å². The van der Waals surface area contributed by atoms with Crippen molar-refractivity contribution in [3.05, 3.63) is 0 Å². The van der Waals surface area contributed by atoms with Crippen LogP contribution in [0.5, 0.6) is 0 Å². The zero-order valence-corrected chi connectivity index (χ0v) is 28.9. The SMILES string of the molecule is C[C@H](N)C(=O)N[C@@H](C)C(=O)N[C@@H](C)C(=O)N[C@@H](C)C(=O)N[C@@H](CCC(N)=O)C(=O)N[C@@H](C)C(=O)N[C@@H](C)C(=O)N[C@@H](C)C(=O)N[C@@H](C)C=O. The van der Waals surface area contributed by atoms with E-state index in [4.69, 9.17) is 11.5 Å². The average Bonchev–Trinajstić information content (AvgIpc) is 3.01. The molecule has 9 atom stereocenters. The standard InChI is InChI=1S/C29H50N10O10/c1-12(11-40)32-23(43)14(3)34-25(45)16(5)36-27(47)18(7)38-29(49)20(9-10-21(31)41)39-28(48)19(8)37-26(46)17(6)35-24(44)15(4)33-22(42)13(2)30/h11-20H,9-10,30H2,1-8H3,(H2,31,41)(H,32,43)(H,33,42)(H,34,45)(H,35,44)(H,36,47)(H,37,46)(H,38,49)(H,39,48)/t12-,13-,14-,15-,16-,17-,18-,19-,20-/m0/s1. The fraction of sp³-hybridized carbons (Fsp3) is 0.655. The minimum absolute atomic E-state index is 0.263. The summed E-state index contributed by atoms with van der Waals surface area (Å²) < 4.78 is 0. The third kappa shape index (κ3) is 16.5. The van der Waals surface area contributed by atoms with Crippen LogP contribution in [0.4, 0.5) is 0 Å². The molecule has 49 heavy (non-hydrogen) atoms. The molecule has 12 N–H and O–H groups in total. The third-order valence-electron chi connectivity index (χ3n) is 6.81. The molecule has 0 aromatic heterocycles. The van der Waals surface area contributed by atoms with Crippen LogP contribution in [0, 0.1) is 0 Å². The Hall–Kier alpha value is -5.14. The van der Waals surface area contributed by atoms with E-state index in [2.05, 4.69) is 42.5 Å². The molecule has 0 aromatic rings. The van der Waals surface area contributed by atoms with E-state index >= 15 is 0 Å². The van der Waals surface area contributed by atoms with Gasteiger partial charge in [0, 0.05) is 6.42 Å². The minimum atomic E-state index is -1.38. The lowest BCUT2D eigenvalue weighted by Gasteiger charge is -2.24. The third-order valence-corrected chi connectivity index (χ3v) is 6.81. The number of carbonyl (C=O) groups is 10. The van der Waals surface area contributed by atoms with Gasteiger partial charge < -0.3 is 58.8 Å². The fourth-order valence-electron chi connectivity index (χ4n) is 3.64. The highest BCUT2D eigenvalue weighted by Gasteiger charge is 2.30. The Morgan fingerprint density at radius 1 is 0.469 bits per heavy atom. The first kappa shape index (κ1) is 43.9. The van der Waals surface area contributed by atoms with Gasteiger partial charge >= 0.3 is 0 Å². The van der Waals surface area contributed by atoms with Crippen molar-refractivity contribution in [3.63, 3.8) is 0 Å². The molecule has 0 aromatic carbocycles. The molecule has 0 fully saturated rings. The number of nitrogens with one attached hydrogen (secondary N) is 8. The Morgan fingerprint density at radius 2 is 0.755 bits per heavy atom.